The first kappa shape index (κ1) is 32.4. The largest absolute Gasteiger partial charge is 0.309 e. The van der Waals surface area contributed by atoms with Crippen molar-refractivity contribution >= 4 is 60.0 Å². The Morgan fingerprint density at radius 3 is 1.89 bits per heavy atom. The van der Waals surface area contributed by atoms with Gasteiger partial charge in [0.15, 0.2) is 0 Å². The molecule has 57 heavy (non-hydrogen) atoms. The van der Waals surface area contributed by atoms with Crippen LogP contribution in [0.15, 0.2) is 188 Å². The second kappa shape index (κ2) is 12.0. The van der Waals surface area contributed by atoms with Crippen molar-refractivity contribution in [1.82, 2.24) is 9.13 Å². The zero-order chi connectivity index (χ0) is 37.8. The highest BCUT2D eigenvalue weighted by Gasteiger charge is 2.39. The Kier molecular flexibility index (Phi) is 6.84. The Morgan fingerprint density at radius 2 is 1.07 bits per heavy atom. The molecule has 0 amide bonds. The summed E-state index contributed by atoms with van der Waals surface area (Å²) in [5.41, 5.74) is 18.0. The molecule has 0 fully saturated rings. The molecule has 0 unspecified atom stereocenters. The van der Waals surface area contributed by atoms with Crippen molar-refractivity contribution in [3.8, 4) is 33.6 Å². The van der Waals surface area contributed by atoms with E-state index in [9.17, 15) is 0 Å². The number of rotatable bonds is 4. The van der Waals surface area contributed by atoms with E-state index in [-0.39, 0.29) is 5.41 Å². The Hall–Kier alpha value is -6.90. The topological polar surface area (TPSA) is 9.86 Å². The van der Waals surface area contributed by atoms with Gasteiger partial charge < -0.3 is 9.13 Å². The number of hydrogen-bond donors (Lipinski definition) is 0. The van der Waals surface area contributed by atoms with Gasteiger partial charge in [-0.2, -0.15) is 0 Å². The molecule has 2 nitrogen and oxygen atoms in total. The molecule has 12 rings (SSSR count). The van der Waals surface area contributed by atoms with Gasteiger partial charge in [0.2, 0.25) is 0 Å². The predicted octanol–water partition coefficient (Wildman–Crippen LogP) is 14.8. The van der Waals surface area contributed by atoms with E-state index < -0.39 is 0 Å². The molecule has 2 aromatic heterocycles. The van der Waals surface area contributed by atoms with Crippen LogP contribution in [0, 0.1) is 0 Å². The number of allylic oxidation sites excluding steroid dienone is 4. The van der Waals surface area contributed by atoms with E-state index in [1.165, 1.54) is 105 Å². The van der Waals surface area contributed by atoms with E-state index >= 15 is 0 Å². The molecule has 10 aromatic rings. The SMILES string of the molecule is CC1(C)C2=C(C=CCC2)c2ccc3c(c21)c1cc(-c2ccc4c(c2)c2ccccc2n4-c2ccc(-c4ccccc4)cc2)ccc1n3-c1ccc2ccccc2c1. The van der Waals surface area contributed by atoms with Gasteiger partial charge in [0.1, 0.15) is 0 Å². The molecule has 2 heterocycles. The maximum Gasteiger partial charge on any atom is 0.0544 e. The van der Waals surface area contributed by atoms with E-state index in [4.69, 9.17) is 0 Å². The fourth-order valence-corrected chi connectivity index (χ4v) is 10.3. The summed E-state index contributed by atoms with van der Waals surface area (Å²) in [5, 5.41) is 7.73. The minimum atomic E-state index is -0.0620. The molecule has 0 atom stereocenters. The summed E-state index contributed by atoms with van der Waals surface area (Å²) in [4.78, 5) is 0. The van der Waals surface area contributed by atoms with Crippen LogP contribution in [0.25, 0.3) is 93.6 Å². The van der Waals surface area contributed by atoms with E-state index in [2.05, 4.69) is 205 Å². The second-order valence-electron chi connectivity index (χ2n) is 16.4. The molecule has 0 saturated carbocycles. The number of benzene rings is 8. The average molecular weight is 729 g/mol. The molecule has 270 valence electrons. The first-order valence-electron chi connectivity index (χ1n) is 20.2. The Morgan fingerprint density at radius 1 is 0.456 bits per heavy atom. The molecule has 0 N–H and O–H groups in total. The normalized spacial score (nSPS) is 14.7. The van der Waals surface area contributed by atoms with E-state index in [1.807, 2.05) is 0 Å². The van der Waals surface area contributed by atoms with Gasteiger partial charge in [-0.25, -0.2) is 0 Å². The quantitative estimate of drug-likeness (QED) is 0.171. The third-order valence-electron chi connectivity index (χ3n) is 13.0. The minimum absolute atomic E-state index is 0.0620. The van der Waals surface area contributed by atoms with Gasteiger partial charge in [-0.1, -0.05) is 141 Å². The predicted molar refractivity (Wildman–Crippen MR) is 242 cm³/mol. The lowest BCUT2D eigenvalue weighted by molar-refractivity contribution is 0.612. The molecular weight excluding hydrogens is 689 g/mol. The fourth-order valence-electron chi connectivity index (χ4n) is 10.3. The van der Waals surface area contributed by atoms with Crippen LogP contribution < -0.4 is 0 Å². The standard InChI is InChI=1S/C55H40N2/c1-55(2)48-18-10-8-16-43(48)45-28-31-52-53(54(45)55)47-34-40(24-30-51(47)57(52)42-27-22-36-14-6-7-15-38(36)32-42)39-23-29-50-46(33-39)44-17-9-11-19-49(44)56(50)41-25-20-37(21-26-41)35-12-4-3-5-13-35/h3-9,11-17,19-34H,10,18H2,1-2H3. The van der Waals surface area contributed by atoms with Crippen LogP contribution in [0.1, 0.15) is 37.8 Å². The highest BCUT2D eigenvalue weighted by Crippen LogP contribution is 2.54. The van der Waals surface area contributed by atoms with Crippen molar-refractivity contribution in [2.24, 2.45) is 0 Å². The van der Waals surface area contributed by atoms with Gasteiger partial charge in [-0.3, -0.25) is 0 Å². The van der Waals surface area contributed by atoms with Crippen LogP contribution in [0.3, 0.4) is 0 Å². The van der Waals surface area contributed by atoms with Crippen molar-refractivity contribution in [3.05, 3.63) is 199 Å². The smallest absolute Gasteiger partial charge is 0.0544 e. The van der Waals surface area contributed by atoms with Crippen molar-refractivity contribution in [2.45, 2.75) is 32.1 Å². The summed E-state index contributed by atoms with van der Waals surface area (Å²) in [6, 6.07) is 63.0. The summed E-state index contributed by atoms with van der Waals surface area (Å²) in [5.74, 6) is 0. The van der Waals surface area contributed by atoms with E-state index in [0.29, 0.717) is 0 Å². The van der Waals surface area contributed by atoms with Crippen LogP contribution in [0.5, 0.6) is 0 Å². The number of aromatic nitrogens is 2. The Bertz CT molecular complexity index is 3350. The summed E-state index contributed by atoms with van der Waals surface area (Å²) < 4.78 is 4.92. The highest BCUT2D eigenvalue weighted by atomic mass is 15.0. The van der Waals surface area contributed by atoms with Crippen LogP contribution in [-0.4, -0.2) is 9.13 Å². The van der Waals surface area contributed by atoms with Crippen molar-refractivity contribution in [1.29, 1.82) is 0 Å². The van der Waals surface area contributed by atoms with Gasteiger partial charge in [0, 0.05) is 38.3 Å². The number of fused-ring (bicyclic) bond motifs is 10. The van der Waals surface area contributed by atoms with Crippen LogP contribution in [0.2, 0.25) is 0 Å². The minimum Gasteiger partial charge on any atom is -0.309 e. The van der Waals surface area contributed by atoms with Crippen LogP contribution in [0.4, 0.5) is 0 Å². The van der Waals surface area contributed by atoms with Crippen molar-refractivity contribution in [2.75, 3.05) is 0 Å². The Labute approximate surface area is 332 Å². The molecule has 2 aliphatic rings. The van der Waals surface area contributed by atoms with Crippen LogP contribution in [-0.2, 0) is 5.41 Å². The molecule has 8 aromatic carbocycles. The number of para-hydroxylation sites is 1. The summed E-state index contributed by atoms with van der Waals surface area (Å²) >= 11 is 0. The van der Waals surface area contributed by atoms with Gasteiger partial charge in [-0.05, 0) is 123 Å². The molecule has 0 radical (unpaired) electrons. The monoisotopic (exact) mass is 728 g/mol. The average Bonchev–Trinajstić information content (AvgIpc) is 3.86. The van der Waals surface area contributed by atoms with Gasteiger partial charge >= 0.3 is 0 Å². The van der Waals surface area contributed by atoms with E-state index in [0.717, 1.165) is 12.8 Å². The second-order valence-corrected chi connectivity index (χ2v) is 16.4. The third kappa shape index (κ3) is 4.71. The molecule has 0 spiro atoms. The molecule has 0 bridgehead atoms. The highest BCUT2D eigenvalue weighted by molar-refractivity contribution is 6.16. The number of hydrogen-bond acceptors (Lipinski definition) is 0. The summed E-state index contributed by atoms with van der Waals surface area (Å²) in [7, 11) is 0. The van der Waals surface area contributed by atoms with Crippen molar-refractivity contribution < 1.29 is 0 Å². The van der Waals surface area contributed by atoms with Gasteiger partial charge in [-0.15, -0.1) is 0 Å². The third-order valence-corrected chi connectivity index (χ3v) is 13.0. The zero-order valence-corrected chi connectivity index (χ0v) is 32.1. The molecule has 0 saturated heterocycles. The van der Waals surface area contributed by atoms with Gasteiger partial charge in [0.05, 0.1) is 22.1 Å². The van der Waals surface area contributed by atoms with Crippen molar-refractivity contribution in [3.63, 3.8) is 0 Å². The maximum absolute atomic E-state index is 2.50. The first-order chi connectivity index (χ1) is 28.0. The molecule has 2 aliphatic carbocycles. The first-order valence-corrected chi connectivity index (χ1v) is 20.2. The lowest BCUT2D eigenvalue weighted by Gasteiger charge is -2.26. The molecule has 2 heteroatoms. The summed E-state index contributed by atoms with van der Waals surface area (Å²) in [6.45, 7) is 4.91. The van der Waals surface area contributed by atoms with Crippen LogP contribution >= 0.6 is 0 Å². The lowest BCUT2D eigenvalue weighted by Crippen LogP contribution is -2.18. The maximum atomic E-state index is 2.50. The molecular formula is C55H40N2. The lowest BCUT2D eigenvalue weighted by atomic mass is 9.77. The summed E-state index contributed by atoms with van der Waals surface area (Å²) in [6.07, 6.45) is 6.97. The zero-order valence-electron chi connectivity index (χ0n) is 32.1. The van der Waals surface area contributed by atoms with Gasteiger partial charge in [0.25, 0.3) is 0 Å². The number of nitrogens with zero attached hydrogens (tertiary/aromatic N) is 2. The Balaban J connectivity index is 1.06. The van der Waals surface area contributed by atoms with E-state index in [1.54, 1.807) is 5.57 Å². The molecule has 0 aliphatic heterocycles. The fraction of sp³-hybridized carbons (Fsp3) is 0.0909.